The number of rotatable bonds is 7. The molecular weight excluding hydrogens is 390 g/mol. The minimum Gasteiger partial charge on any atom is -0.502 e. The Balaban J connectivity index is 1.96. The molecule has 0 saturated heterocycles. The number of aromatic nitrogens is 1. The molecule has 1 aromatic carbocycles. The average Bonchev–Trinajstić information content (AvgIpc) is 2.74. The molecular formula is C22H21NO5S. The minimum atomic E-state index is -0.688. The van der Waals surface area contributed by atoms with Crippen molar-refractivity contribution in [2.24, 2.45) is 0 Å². The summed E-state index contributed by atoms with van der Waals surface area (Å²) in [4.78, 5) is 29.5. The summed E-state index contributed by atoms with van der Waals surface area (Å²) in [5.74, 6) is -0.822. The fraction of sp³-hybridized carbons (Fsp3) is 0.227. The van der Waals surface area contributed by atoms with Crippen molar-refractivity contribution < 1.29 is 19.1 Å². The molecule has 150 valence electrons. The number of ether oxygens (including phenoxy) is 1. The summed E-state index contributed by atoms with van der Waals surface area (Å²) in [7, 11) is 1.29. The van der Waals surface area contributed by atoms with Crippen molar-refractivity contribution in [1.29, 1.82) is 0 Å². The predicted molar refractivity (Wildman–Crippen MR) is 110 cm³/mol. The van der Waals surface area contributed by atoms with E-state index in [1.54, 1.807) is 24.5 Å². The summed E-state index contributed by atoms with van der Waals surface area (Å²) >= 11 is 1.53. The second kappa shape index (κ2) is 9.43. The lowest BCUT2D eigenvalue weighted by atomic mass is 9.93. The molecule has 2 aromatic heterocycles. The van der Waals surface area contributed by atoms with E-state index in [1.165, 1.54) is 24.9 Å². The quantitative estimate of drug-likeness (QED) is 0.464. The van der Waals surface area contributed by atoms with Crippen LogP contribution in [0, 0.1) is 6.92 Å². The molecule has 6 nitrogen and oxygen atoms in total. The van der Waals surface area contributed by atoms with Gasteiger partial charge in [0.25, 0.3) is 0 Å². The maximum atomic E-state index is 12.4. The Morgan fingerprint density at radius 2 is 2.07 bits per heavy atom. The van der Waals surface area contributed by atoms with E-state index >= 15 is 0 Å². The number of pyridine rings is 1. The van der Waals surface area contributed by atoms with Crippen molar-refractivity contribution >= 4 is 17.7 Å². The largest absolute Gasteiger partial charge is 0.502 e. The molecule has 0 amide bonds. The van der Waals surface area contributed by atoms with Gasteiger partial charge in [0, 0.05) is 23.4 Å². The van der Waals surface area contributed by atoms with Crippen LogP contribution in [0.15, 0.2) is 69.0 Å². The van der Waals surface area contributed by atoms with Gasteiger partial charge in [0.1, 0.15) is 5.76 Å². The van der Waals surface area contributed by atoms with Crippen LogP contribution in [0.1, 0.15) is 35.0 Å². The fourth-order valence-corrected chi connectivity index (χ4v) is 3.83. The lowest BCUT2D eigenvalue weighted by Crippen LogP contribution is -2.14. The topological polar surface area (TPSA) is 89.6 Å². The number of carbonyl (C=O) groups is 1. The molecule has 0 fully saturated rings. The first kappa shape index (κ1) is 20.7. The van der Waals surface area contributed by atoms with Crippen LogP contribution in [0.2, 0.25) is 0 Å². The zero-order valence-corrected chi connectivity index (χ0v) is 16.9. The van der Waals surface area contributed by atoms with Crippen molar-refractivity contribution in [3.8, 4) is 5.75 Å². The highest BCUT2D eigenvalue weighted by atomic mass is 32.2. The van der Waals surface area contributed by atoms with E-state index in [2.05, 4.69) is 4.98 Å². The molecule has 0 bridgehead atoms. The molecule has 7 heteroatoms. The summed E-state index contributed by atoms with van der Waals surface area (Å²) in [6.07, 6.45) is 3.08. The maximum absolute atomic E-state index is 12.4. The van der Waals surface area contributed by atoms with Crippen LogP contribution in [0.3, 0.4) is 0 Å². The second-order valence-corrected chi connectivity index (χ2v) is 7.48. The lowest BCUT2D eigenvalue weighted by molar-refractivity contribution is -0.140. The third kappa shape index (κ3) is 5.06. The summed E-state index contributed by atoms with van der Waals surface area (Å²) in [6.45, 7) is 2.01. The normalized spacial score (nSPS) is 11.8. The zero-order chi connectivity index (χ0) is 20.8. The van der Waals surface area contributed by atoms with Gasteiger partial charge in [-0.1, -0.05) is 24.3 Å². The van der Waals surface area contributed by atoms with Crippen molar-refractivity contribution in [1.82, 2.24) is 4.98 Å². The molecule has 0 spiro atoms. The van der Waals surface area contributed by atoms with E-state index in [4.69, 9.17) is 9.15 Å². The van der Waals surface area contributed by atoms with Crippen LogP contribution in [-0.4, -0.2) is 23.2 Å². The van der Waals surface area contributed by atoms with Crippen molar-refractivity contribution in [2.45, 2.75) is 29.9 Å². The van der Waals surface area contributed by atoms with Crippen LogP contribution in [0.4, 0.5) is 0 Å². The molecule has 1 atom stereocenters. The molecule has 1 N–H and O–H groups in total. The number of methoxy groups -OCH3 is 1. The standard InChI is InChI=1S/C22H21NO5S/c1-14-6-3-4-8-19(14)29-13-16-10-18(24)21(26)22(28-16)17(11-20(25)27-2)15-7-5-9-23-12-15/h3-10,12,17,26H,11,13H2,1-2H3. The Hall–Kier alpha value is -3.06. The Bertz CT molecular complexity index is 1050. The van der Waals surface area contributed by atoms with E-state index in [-0.39, 0.29) is 12.2 Å². The Morgan fingerprint density at radius 1 is 1.28 bits per heavy atom. The first-order chi connectivity index (χ1) is 14.0. The fourth-order valence-electron chi connectivity index (χ4n) is 2.92. The van der Waals surface area contributed by atoms with Crippen molar-refractivity contribution in [3.05, 3.63) is 87.7 Å². The number of thioether (sulfide) groups is 1. The number of carbonyl (C=O) groups excluding carboxylic acids is 1. The summed E-state index contributed by atoms with van der Waals surface area (Å²) < 4.78 is 10.7. The first-order valence-electron chi connectivity index (χ1n) is 9.00. The number of esters is 1. The Kier molecular flexibility index (Phi) is 6.72. The van der Waals surface area contributed by atoms with E-state index in [0.29, 0.717) is 17.1 Å². The number of hydrogen-bond donors (Lipinski definition) is 1. The van der Waals surface area contributed by atoms with E-state index in [1.807, 2.05) is 31.2 Å². The SMILES string of the molecule is COC(=O)CC(c1cccnc1)c1oc(CSc2ccccc2C)cc(=O)c1O. The molecule has 1 unspecified atom stereocenters. The van der Waals surface area contributed by atoms with E-state index in [0.717, 1.165) is 10.5 Å². The highest BCUT2D eigenvalue weighted by Gasteiger charge is 2.26. The highest BCUT2D eigenvalue weighted by molar-refractivity contribution is 7.98. The molecule has 0 saturated carbocycles. The number of aryl methyl sites for hydroxylation is 1. The summed E-state index contributed by atoms with van der Waals surface area (Å²) in [6, 6.07) is 12.7. The van der Waals surface area contributed by atoms with Gasteiger partial charge in [-0.2, -0.15) is 0 Å². The smallest absolute Gasteiger partial charge is 0.306 e. The van der Waals surface area contributed by atoms with Gasteiger partial charge in [0.15, 0.2) is 5.76 Å². The number of aromatic hydroxyl groups is 1. The third-order valence-corrected chi connectivity index (χ3v) is 5.66. The summed E-state index contributed by atoms with van der Waals surface area (Å²) in [5.41, 5.74) is 1.21. The average molecular weight is 411 g/mol. The second-order valence-electron chi connectivity index (χ2n) is 6.46. The van der Waals surface area contributed by atoms with Gasteiger partial charge in [0.2, 0.25) is 11.2 Å². The van der Waals surface area contributed by atoms with Gasteiger partial charge >= 0.3 is 5.97 Å². The number of benzene rings is 1. The molecule has 0 aliphatic heterocycles. The monoisotopic (exact) mass is 411 g/mol. The predicted octanol–water partition coefficient (Wildman–Crippen LogP) is 4.04. The first-order valence-corrected chi connectivity index (χ1v) is 9.99. The van der Waals surface area contributed by atoms with Gasteiger partial charge in [-0.15, -0.1) is 11.8 Å². The van der Waals surface area contributed by atoms with Gasteiger partial charge in [0.05, 0.1) is 25.2 Å². The molecule has 0 aliphatic rings. The Morgan fingerprint density at radius 3 is 2.76 bits per heavy atom. The zero-order valence-electron chi connectivity index (χ0n) is 16.1. The van der Waals surface area contributed by atoms with Crippen LogP contribution in [-0.2, 0) is 15.3 Å². The Labute approximate surface area is 172 Å². The van der Waals surface area contributed by atoms with E-state index in [9.17, 15) is 14.7 Å². The van der Waals surface area contributed by atoms with Crippen molar-refractivity contribution in [3.63, 3.8) is 0 Å². The van der Waals surface area contributed by atoms with Gasteiger partial charge < -0.3 is 14.3 Å². The minimum absolute atomic E-state index is 0.0382. The van der Waals surface area contributed by atoms with Crippen LogP contribution >= 0.6 is 11.8 Å². The van der Waals surface area contributed by atoms with Gasteiger partial charge in [-0.05, 0) is 30.2 Å². The van der Waals surface area contributed by atoms with Crippen molar-refractivity contribution in [2.75, 3.05) is 7.11 Å². The molecule has 0 aliphatic carbocycles. The van der Waals surface area contributed by atoms with Crippen LogP contribution in [0.25, 0.3) is 0 Å². The summed E-state index contributed by atoms with van der Waals surface area (Å²) in [5, 5.41) is 10.4. The third-order valence-electron chi connectivity index (χ3n) is 4.47. The number of hydrogen-bond acceptors (Lipinski definition) is 7. The molecule has 2 heterocycles. The van der Waals surface area contributed by atoms with Gasteiger partial charge in [-0.25, -0.2) is 0 Å². The molecule has 0 radical (unpaired) electrons. The maximum Gasteiger partial charge on any atom is 0.306 e. The van der Waals surface area contributed by atoms with Crippen LogP contribution in [0.5, 0.6) is 5.75 Å². The number of nitrogens with zero attached hydrogens (tertiary/aromatic N) is 1. The molecule has 3 aromatic rings. The molecule has 29 heavy (non-hydrogen) atoms. The highest BCUT2D eigenvalue weighted by Crippen LogP contribution is 2.34. The molecule has 3 rings (SSSR count). The van der Waals surface area contributed by atoms with E-state index < -0.39 is 23.1 Å². The van der Waals surface area contributed by atoms with Gasteiger partial charge in [-0.3, -0.25) is 14.6 Å². The lowest BCUT2D eigenvalue weighted by Gasteiger charge is -2.17. The van der Waals surface area contributed by atoms with Crippen LogP contribution < -0.4 is 5.43 Å².